The van der Waals surface area contributed by atoms with Crippen molar-refractivity contribution in [1.29, 1.82) is 0 Å². The van der Waals surface area contributed by atoms with Crippen molar-refractivity contribution < 1.29 is 9.53 Å². The molecule has 1 rings (SSSR count). The van der Waals surface area contributed by atoms with Gasteiger partial charge >= 0.3 is 5.97 Å². The highest BCUT2D eigenvalue weighted by Crippen LogP contribution is 2.25. The molecule has 1 saturated carbocycles. The number of hydrogen-bond donors (Lipinski definition) is 0. The van der Waals surface area contributed by atoms with Crippen LogP contribution in [0.1, 0.15) is 26.2 Å². The summed E-state index contributed by atoms with van der Waals surface area (Å²) in [7, 11) is 3.43. The average molecular weight is 171 g/mol. The van der Waals surface area contributed by atoms with Crippen molar-refractivity contribution >= 4 is 5.97 Å². The maximum Gasteiger partial charge on any atom is 0.322 e. The van der Waals surface area contributed by atoms with E-state index >= 15 is 0 Å². The first-order valence-corrected chi connectivity index (χ1v) is 4.46. The van der Waals surface area contributed by atoms with Gasteiger partial charge in [-0.2, -0.15) is 0 Å². The Kier molecular flexibility index (Phi) is 3.09. The Morgan fingerprint density at radius 2 is 2.17 bits per heavy atom. The maximum absolute atomic E-state index is 11.1. The molecule has 0 N–H and O–H groups in total. The van der Waals surface area contributed by atoms with Gasteiger partial charge in [-0.1, -0.05) is 6.42 Å². The van der Waals surface area contributed by atoms with Crippen molar-refractivity contribution in [1.82, 2.24) is 4.90 Å². The summed E-state index contributed by atoms with van der Waals surface area (Å²) >= 11 is 0. The molecule has 70 valence electrons. The fourth-order valence-electron chi connectivity index (χ4n) is 1.45. The number of likely N-dealkylation sites (N-methyl/N-ethyl adjacent to an activating group) is 1. The van der Waals surface area contributed by atoms with E-state index in [1.807, 2.05) is 14.0 Å². The van der Waals surface area contributed by atoms with Gasteiger partial charge in [-0.05, 0) is 26.8 Å². The van der Waals surface area contributed by atoms with Crippen molar-refractivity contribution in [3.05, 3.63) is 0 Å². The van der Waals surface area contributed by atoms with Crippen LogP contribution in [-0.2, 0) is 9.53 Å². The summed E-state index contributed by atoms with van der Waals surface area (Å²) in [4.78, 5) is 13.2. The van der Waals surface area contributed by atoms with Crippen LogP contribution in [0.25, 0.3) is 0 Å². The Bertz CT molecular complexity index is 166. The van der Waals surface area contributed by atoms with E-state index in [2.05, 4.69) is 9.64 Å². The number of ether oxygens (including phenoxy) is 1. The van der Waals surface area contributed by atoms with Crippen LogP contribution in [0.2, 0.25) is 0 Å². The van der Waals surface area contributed by atoms with Crippen molar-refractivity contribution in [2.75, 3.05) is 14.2 Å². The van der Waals surface area contributed by atoms with Gasteiger partial charge in [0.1, 0.15) is 6.04 Å². The van der Waals surface area contributed by atoms with Gasteiger partial charge < -0.3 is 4.74 Å². The molecule has 1 aliphatic carbocycles. The summed E-state index contributed by atoms with van der Waals surface area (Å²) in [5, 5.41) is 0. The maximum atomic E-state index is 11.1. The van der Waals surface area contributed by atoms with Gasteiger partial charge in [-0.25, -0.2) is 0 Å². The van der Waals surface area contributed by atoms with Gasteiger partial charge in [0.05, 0.1) is 7.11 Å². The molecule has 12 heavy (non-hydrogen) atoms. The molecule has 0 aromatic rings. The average Bonchev–Trinajstić information content (AvgIpc) is 1.98. The summed E-state index contributed by atoms with van der Waals surface area (Å²) < 4.78 is 4.67. The number of esters is 1. The number of carbonyl (C=O) groups is 1. The lowest BCUT2D eigenvalue weighted by Gasteiger charge is -2.37. The van der Waals surface area contributed by atoms with Crippen LogP contribution in [0.5, 0.6) is 0 Å². The van der Waals surface area contributed by atoms with Crippen LogP contribution in [0.3, 0.4) is 0 Å². The molecule has 1 aliphatic rings. The Labute approximate surface area is 73.7 Å². The van der Waals surface area contributed by atoms with E-state index in [0.717, 1.165) is 0 Å². The third kappa shape index (κ3) is 1.78. The van der Waals surface area contributed by atoms with E-state index in [4.69, 9.17) is 0 Å². The van der Waals surface area contributed by atoms with Crippen LogP contribution < -0.4 is 0 Å². The molecule has 0 bridgehead atoms. The van der Waals surface area contributed by atoms with Crippen molar-refractivity contribution in [2.24, 2.45) is 0 Å². The normalized spacial score (nSPS) is 20.3. The first kappa shape index (κ1) is 9.52. The fourth-order valence-corrected chi connectivity index (χ4v) is 1.45. The van der Waals surface area contributed by atoms with Crippen LogP contribution in [0.4, 0.5) is 0 Å². The zero-order chi connectivity index (χ0) is 9.14. The fraction of sp³-hybridized carbons (Fsp3) is 0.889. The number of carbonyl (C=O) groups excluding carboxylic acids is 1. The monoisotopic (exact) mass is 171 g/mol. The van der Waals surface area contributed by atoms with E-state index in [0.29, 0.717) is 6.04 Å². The lowest BCUT2D eigenvalue weighted by atomic mass is 9.91. The van der Waals surface area contributed by atoms with Crippen molar-refractivity contribution in [3.8, 4) is 0 Å². The predicted molar refractivity (Wildman–Crippen MR) is 46.9 cm³/mol. The summed E-state index contributed by atoms with van der Waals surface area (Å²) in [6.07, 6.45) is 3.73. The first-order valence-electron chi connectivity index (χ1n) is 4.46. The number of hydrogen-bond acceptors (Lipinski definition) is 3. The molecular weight excluding hydrogens is 154 g/mol. The molecule has 0 heterocycles. The zero-order valence-electron chi connectivity index (χ0n) is 8.04. The van der Waals surface area contributed by atoms with E-state index in [1.165, 1.54) is 26.4 Å². The molecule has 3 nitrogen and oxygen atoms in total. The molecule has 0 aromatic heterocycles. The van der Waals surface area contributed by atoms with Crippen molar-refractivity contribution in [2.45, 2.75) is 38.3 Å². The van der Waals surface area contributed by atoms with Crippen molar-refractivity contribution in [3.63, 3.8) is 0 Å². The van der Waals surface area contributed by atoms with E-state index in [9.17, 15) is 4.79 Å². The Morgan fingerprint density at radius 3 is 2.50 bits per heavy atom. The van der Waals surface area contributed by atoms with Gasteiger partial charge in [0.25, 0.3) is 0 Å². The molecule has 0 radical (unpaired) electrons. The smallest absolute Gasteiger partial charge is 0.322 e. The lowest BCUT2D eigenvalue weighted by Crippen LogP contribution is -2.46. The van der Waals surface area contributed by atoms with Gasteiger partial charge in [-0.3, -0.25) is 9.69 Å². The minimum Gasteiger partial charge on any atom is -0.468 e. The predicted octanol–water partition coefficient (Wildman–Crippen LogP) is 1.03. The molecule has 0 saturated heterocycles. The largest absolute Gasteiger partial charge is 0.468 e. The highest BCUT2D eigenvalue weighted by molar-refractivity contribution is 5.75. The zero-order valence-corrected chi connectivity index (χ0v) is 8.04. The molecule has 3 heteroatoms. The van der Waals surface area contributed by atoms with Crippen LogP contribution in [-0.4, -0.2) is 37.1 Å². The second kappa shape index (κ2) is 3.90. The molecule has 1 atom stereocenters. The lowest BCUT2D eigenvalue weighted by molar-refractivity contribution is -0.147. The third-order valence-electron chi connectivity index (χ3n) is 2.80. The van der Waals surface area contributed by atoms with Crippen LogP contribution in [0, 0.1) is 0 Å². The first-order chi connectivity index (χ1) is 5.66. The molecule has 1 fully saturated rings. The van der Waals surface area contributed by atoms with E-state index in [-0.39, 0.29) is 12.0 Å². The molecule has 0 aromatic carbocycles. The Morgan fingerprint density at radius 1 is 1.58 bits per heavy atom. The molecule has 1 unspecified atom stereocenters. The Balaban J connectivity index is 2.39. The molecule has 0 amide bonds. The van der Waals surface area contributed by atoms with Gasteiger partial charge in [-0.15, -0.1) is 0 Å². The van der Waals surface area contributed by atoms with Crippen LogP contribution in [0.15, 0.2) is 0 Å². The SMILES string of the molecule is COC(=O)C(C)N(C)C1CCC1. The second-order valence-corrected chi connectivity index (χ2v) is 3.45. The minimum absolute atomic E-state index is 0.0969. The molecule has 0 spiro atoms. The summed E-state index contributed by atoms with van der Waals surface area (Å²) in [6.45, 7) is 1.89. The highest BCUT2D eigenvalue weighted by Gasteiger charge is 2.28. The summed E-state index contributed by atoms with van der Waals surface area (Å²) in [5.41, 5.74) is 0. The topological polar surface area (TPSA) is 29.5 Å². The second-order valence-electron chi connectivity index (χ2n) is 3.45. The number of nitrogens with zero attached hydrogens (tertiary/aromatic N) is 1. The summed E-state index contributed by atoms with van der Waals surface area (Å²) in [6, 6.07) is 0.499. The minimum atomic E-state index is -0.135. The van der Waals surface area contributed by atoms with Crippen LogP contribution >= 0.6 is 0 Å². The Hall–Kier alpha value is -0.570. The quantitative estimate of drug-likeness (QED) is 0.594. The molecular formula is C9H17NO2. The summed E-state index contributed by atoms with van der Waals surface area (Å²) in [5.74, 6) is -0.135. The van der Waals surface area contributed by atoms with E-state index in [1.54, 1.807) is 0 Å². The number of rotatable bonds is 3. The van der Waals surface area contributed by atoms with Gasteiger partial charge in [0, 0.05) is 6.04 Å². The third-order valence-corrected chi connectivity index (χ3v) is 2.80. The van der Waals surface area contributed by atoms with E-state index < -0.39 is 0 Å². The molecule has 0 aliphatic heterocycles. The van der Waals surface area contributed by atoms with Gasteiger partial charge in [0.2, 0.25) is 0 Å². The van der Waals surface area contributed by atoms with Gasteiger partial charge in [0.15, 0.2) is 0 Å². The standard InChI is InChI=1S/C9H17NO2/c1-7(9(11)12-3)10(2)8-5-4-6-8/h7-8H,4-6H2,1-3H3. The highest BCUT2D eigenvalue weighted by atomic mass is 16.5. The number of methoxy groups -OCH3 is 1.